The zero-order valence-corrected chi connectivity index (χ0v) is 9.05. The van der Waals surface area contributed by atoms with Gasteiger partial charge in [0.25, 0.3) is 0 Å². The number of likely N-dealkylation sites (tertiary alicyclic amines) is 1. The smallest absolute Gasteiger partial charge is 0.333 e. The van der Waals surface area contributed by atoms with Crippen LogP contribution in [0.25, 0.3) is 0 Å². The fraction of sp³-hybridized carbons (Fsp3) is 0.727. The molecule has 0 saturated carbocycles. The van der Waals surface area contributed by atoms with Gasteiger partial charge in [-0.3, -0.25) is 0 Å². The summed E-state index contributed by atoms with van der Waals surface area (Å²) in [5.74, 6) is -0.785. The SMILES string of the molecule is CCC(=C(C)C(=O)O)N1CCCCC1. The number of allylic oxidation sites excluding steroid dienone is 1. The van der Waals surface area contributed by atoms with Crippen molar-refractivity contribution in [2.45, 2.75) is 39.5 Å². The molecule has 80 valence electrons. The highest BCUT2D eigenvalue weighted by Gasteiger charge is 2.16. The average molecular weight is 197 g/mol. The summed E-state index contributed by atoms with van der Waals surface area (Å²) in [5.41, 5.74) is 1.52. The molecule has 1 rings (SSSR count). The molecule has 0 aromatic heterocycles. The van der Waals surface area contributed by atoms with Crippen LogP contribution in [0.15, 0.2) is 11.3 Å². The van der Waals surface area contributed by atoms with E-state index in [4.69, 9.17) is 5.11 Å². The normalized spacial score (nSPS) is 19.1. The number of piperidine rings is 1. The molecule has 0 aromatic carbocycles. The molecular weight excluding hydrogens is 178 g/mol. The number of nitrogens with zero attached hydrogens (tertiary/aromatic N) is 1. The van der Waals surface area contributed by atoms with E-state index in [1.807, 2.05) is 6.92 Å². The third-order valence-electron chi connectivity index (χ3n) is 2.83. The quantitative estimate of drug-likeness (QED) is 0.705. The first-order valence-corrected chi connectivity index (χ1v) is 5.34. The summed E-state index contributed by atoms with van der Waals surface area (Å²) >= 11 is 0. The molecule has 14 heavy (non-hydrogen) atoms. The van der Waals surface area contributed by atoms with Gasteiger partial charge in [-0.15, -0.1) is 0 Å². The van der Waals surface area contributed by atoms with Gasteiger partial charge in [-0.1, -0.05) is 6.92 Å². The van der Waals surface area contributed by atoms with Crippen molar-refractivity contribution in [2.75, 3.05) is 13.1 Å². The van der Waals surface area contributed by atoms with Crippen LogP contribution >= 0.6 is 0 Å². The van der Waals surface area contributed by atoms with Gasteiger partial charge < -0.3 is 10.0 Å². The molecule has 1 aliphatic rings. The molecule has 3 heteroatoms. The molecule has 1 aliphatic heterocycles. The Hall–Kier alpha value is -0.990. The number of aliphatic carboxylic acids is 1. The Bertz CT molecular complexity index is 240. The third kappa shape index (κ3) is 2.50. The molecule has 0 amide bonds. The predicted octanol–water partition coefficient (Wildman–Crippen LogP) is 2.24. The number of hydrogen-bond donors (Lipinski definition) is 1. The van der Waals surface area contributed by atoms with Crippen molar-refractivity contribution in [3.8, 4) is 0 Å². The molecule has 3 nitrogen and oxygen atoms in total. The molecule has 0 bridgehead atoms. The Kier molecular flexibility index (Phi) is 3.98. The molecule has 1 heterocycles. The van der Waals surface area contributed by atoms with Crippen LogP contribution in [0.2, 0.25) is 0 Å². The monoisotopic (exact) mass is 197 g/mol. The van der Waals surface area contributed by atoms with Gasteiger partial charge >= 0.3 is 5.97 Å². The van der Waals surface area contributed by atoms with E-state index < -0.39 is 5.97 Å². The first-order chi connectivity index (χ1) is 6.66. The molecule has 1 fully saturated rings. The minimum atomic E-state index is -0.785. The summed E-state index contributed by atoms with van der Waals surface area (Å²) in [6.07, 6.45) is 4.48. The van der Waals surface area contributed by atoms with Crippen molar-refractivity contribution in [3.05, 3.63) is 11.3 Å². The van der Waals surface area contributed by atoms with Crippen LogP contribution in [0.1, 0.15) is 39.5 Å². The highest BCUT2D eigenvalue weighted by Crippen LogP contribution is 2.20. The van der Waals surface area contributed by atoms with Crippen LogP contribution in [0.3, 0.4) is 0 Å². The van der Waals surface area contributed by atoms with E-state index in [0.717, 1.165) is 25.2 Å². The van der Waals surface area contributed by atoms with Crippen LogP contribution in [-0.2, 0) is 4.79 Å². The van der Waals surface area contributed by atoms with Gasteiger partial charge in [0.15, 0.2) is 0 Å². The minimum Gasteiger partial charge on any atom is -0.478 e. The van der Waals surface area contributed by atoms with E-state index in [1.165, 1.54) is 19.3 Å². The van der Waals surface area contributed by atoms with Crippen LogP contribution in [0.5, 0.6) is 0 Å². The maximum atomic E-state index is 10.9. The van der Waals surface area contributed by atoms with Crippen molar-refractivity contribution in [1.82, 2.24) is 4.90 Å². The molecule has 1 N–H and O–H groups in total. The van der Waals surface area contributed by atoms with Gasteiger partial charge in [0.1, 0.15) is 0 Å². The molecular formula is C11H19NO2. The van der Waals surface area contributed by atoms with Crippen LogP contribution in [0.4, 0.5) is 0 Å². The van der Waals surface area contributed by atoms with Gasteiger partial charge in [0.05, 0.1) is 5.57 Å². The molecule has 1 saturated heterocycles. The van der Waals surface area contributed by atoms with Crippen molar-refractivity contribution in [2.24, 2.45) is 0 Å². The maximum absolute atomic E-state index is 10.9. The average Bonchev–Trinajstić information content (AvgIpc) is 2.20. The summed E-state index contributed by atoms with van der Waals surface area (Å²) < 4.78 is 0. The lowest BCUT2D eigenvalue weighted by Crippen LogP contribution is -2.30. The van der Waals surface area contributed by atoms with E-state index >= 15 is 0 Å². The van der Waals surface area contributed by atoms with Crippen LogP contribution in [0, 0.1) is 0 Å². The zero-order valence-electron chi connectivity index (χ0n) is 9.05. The Morgan fingerprint density at radius 1 is 1.29 bits per heavy atom. The summed E-state index contributed by atoms with van der Waals surface area (Å²) in [6, 6.07) is 0. The summed E-state index contributed by atoms with van der Waals surface area (Å²) in [6.45, 7) is 5.77. The standard InChI is InChI=1S/C11H19NO2/c1-3-10(9(2)11(13)14)12-7-5-4-6-8-12/h3-8H2,1-2H3,(H,13,14). The topological polar surface area (TPSA) is 40.5 Å². The van der Waals surface area contributed by atoms with Crippen molar-refractivity contribution in [1.29, 1.82) is 0 Å². The maximum Gasteiger partial charge on any atom is 0.333 e. The third-order valence-corrected chi connectivity index (χ3v) is 2.83. The van der Waals surface area contributed by atoms with E-state index in [0.29, 0.717) is 5.57 Å². The Morgan fingerprint density at radius 2 is 1.86 bits per heavy atom. The Labute approximate surface area is 85.4 Å². The second-order valence-electron chi connectivity index (χ2n) is 3.78. The first-order valence-electron chi connectivity index (χ1n) is 5.34. The van der Waals surface area contributed by atoms with E-state index in [9.17, 15) is 4.79 Å². The van der Waals surface area contributed by atoms with Crippen molar-refractivity contribution in [3.63, 3.8) is 0 Å². The predicted molar refractivity (Wildman–Crippen MR) is 56.1 cm³/mol. The number of carboxylic acid groups (broad SMARTS) is 1. The fourth-order valence-electron chi connectivity index (χ4n) is 2.01. The molecule has 0 aliphatic carbocycles. The van der Waals surface area contributed by atoms with E-state index in [2.05, 4.69) is 4.90 Å². The lowest BCUT2D eigenvalue weighted by molar-refractivity contribution is -0.132. The Balaban J connectivity index is 2.78. The first kappa shape index (κ1) is 11.1. The lowest BCUT2D eigenvalue weighted by atomic mass is 10.1. The fourth-order valence-corrected chi connectivity index (χ4v) is 2.01. The van der Waals surface area contributed by atoms with Gasteiger partial charge in [-0.25, -0.2) is 4.79 Å². The van der Waals surface area contributed by atoms with Gasteiger partial charge in [0, 0.05) is 18.8 Å². The molecule has 0 spiro atoms. The van der Waals surface area contributed by atoms with Gasteiger partial charge in [-0.05, 0) is 32.6 Å². The minimum absolute atomic E-state index is 0.509. The van der Waals surface area contributed by atoms with Gasteiger partial charge in [-0.2, -0.15) is 0 Å². The molecule has 0 radical (unpaired) electrons. The zero-order chi connectivity index (χ0) is 10.6. The summed E-state index contributed by atoms with van der Waals surface area (Å²) in [5, 5.41) is 8.93. The van der Waals surface area contributed by atoms with E-state index in [-0.39, 0.29) is 0 Å². The lowest BCUT2D eigenvalue weighted by Gasteiger charge is -2.31. The second kappa shape index (κ2) is 5.03. The molecule has 0 aromatic rings. The van der Waals surface area contributed by atoms with Crippen LogP contribution < -0.4 is 0 Å². The summed E-state index contributed by atoms with van der Waals surface area (Å²) in [7, 11) is 0. The second-order valence-corrected chi connectivity index (χ2v) is 3.78. The van der Waals surface area contributed by atoms with Gasteiger partial charge in [0.2, 0.25) is 0 Å². The van der Waals surface area contributed by atoms with E-state index in [1.54, 1.807) is 6.92 Å². The largest absolute Gasteiger partial charge is 0.478 e. The number of hydrogen-bond acceptors (Lipinski definition) is 2. The number of carboxylic acids is 1. The van der Waals surface area contributed by atoms with Crippen molar-refractivity contribution >= 4 is 5.97 Å². The van der Waals surface area contributed by atoms with Crippen LogP contribution in [-0.4, -0.2) is 29.1 Å². The highest BCUT2D eigenvalue weighted by molar-refractivity contribution is 5.86. The molecule has 0 unspecified atom stereocenters. The highest BCUT2D eigenvalue weighted by atomic mass is 16.4. The van der Waals surface area contributed by atoms with Crippen molar-refractivity contribution < 1.29 is 9.90 Å². The number of carbonyl (C=O) groups is 1. The Morgan fingerprint density at radius 3 is 2.29 bits per heavy atom. The summed E-state index contributed by atoms with van der Waals surface area (Å²) in [4.78, 5) is 13.1. The molecule has 0 atom stereocenters. The number of rotatable bonds is 3.